The summed E-state index contributed by atoms with van der Waals surface area (Å²) in [7, 11) is 0. The van der Waals surface area contributed by atoms with Gasteiger partial charge in [0, 0.05) is 18.3 Å². The molecule has 17 heavy (non-hydrogen) atoms. The van der Waals surface area contributed by atoms with E-state index in [1.807, 2.05) is 24.8 Å². The summed E-state index contributed by atoms with van der Waals surface area (Å²) in [4.78, 5) is 21.7. The first kappa shape index (κ1) is 11.8. The smallest absolute Gasteiger partial charge is 0.326 e. The lowest BCUT2D eigenvalue weighted by Crippen LogP contribution is -2.36. The average molecular weight is 235 g/mol. The maximum absolute atomic E-state index is 11.1. The van der Waals surface area contributed by atoms with Gasteiger partial charge in [-0.2, -0.15) is 0 Å². The molecule has 0 spiro atoms. The summed E-state index contributed by atoms with van der Waals surface area (Å²) in [5.41, 5.74) is 0.962. The third-order valence-corrected chi connectivity index (χ3v) is 3.07. The molecule has 0 bridgehead atoms. The van der Waals surface area contributed by atoms with Gasteiger partial charge in [-0.1, -0.05) is 6.92 Å². The van der Waals surface area contributed by atoms with Crippen LogP contribution in [0.2, 0.25) is 0 Å². The van der Waals surface area contributed by atoms with Crippen LogP contribution in [0.4, 0.5) is 5.82 Å². The van der Waals surface area contributed by atoms with E-state index in [9.17, 15) is 4.79 Å². The summed E-state index contributed by atoms with van der Waals surface area (Å²) >= 11 is 0. The summed E-state index contributed by atoms with van der Waals surface area (Å²) in [5, 5.41) is 9.16. The molecule has 1 unspecified atom stereocenters. The molecule has 0 saturated carbocycles. The van der Waals surface area contributed by atoms with Gasteiger partial charge in [-0.3, -0.25) is 0 Å². The van der Waals surface area contributed by atoms with Crippen LogP contribution in [0.3, 0.4) is 0 Å². The van der Waals surface area contributed by atoms with E-state index in [-0.39, 0.29) is 0 Å². The highest BCUT2D eigenvalue weighted by atomic mass is 16.4. The first-order valence-electron chi connectivity index (χ1n) is 5.96. The topological polar surface area (TPSA) is 66.3 Å². The second-order valence-electron chi connectivity index (χ2n) is 4.31. The number of carbonyl (C=O) groups is 1. The van der Waals surface area contributed by atoms with E-state index in [2.05, 4.69) is 9.97 Å². The Morgan fingerprint density at radius 2 is 2.35 bits per heavy atom. The van der Waals surface area contributed by atoms with Crippen LogP contribution in [-0.4, -0.2) is 33.6 Å². The zero-order chi connectivity index (χ0) is 12.4. The Kier molecular flexibility index (Phi) is 3.26. The number of aliphatic carboxylic acids is 1. The Bertz CT molecular complexity index is 434. The Morgan fingerprint density at radius 1 is 1.59 bits per heavy atom. The second kappa shape index (κ2) is 4.69. The Morgan fingerprint density at radius 3 is 3.00 bits per heavy atom. The van der Waals surface area contributed by atoms with Crippen molar-refractivity contribution in [1.29, 1.82) is 0 Å². The molecule has 5 heteroatoms. The van der Waals surface area contributed by atoms with Crippen molar-refractivity contribution in [2.45, 2.75) is 39.2 Å². The first-order chi connectivity index (χ1) is 8.11. The average Bonchev–Trinajstić information content (AvgIpc) is 2.77. The number of carboxylic acid groups (broad SMARTS) is 1. The van der Waals surface area contributed by atoms with Crippen molar-refractivity contribution >= 4 is 11.8 Å². The molecule has 0 radical (unpaired) electrons. The van der Waals surface area contributed by atoms with Crippen LogP contribution < -0.4 is 4.90 Å². The fourth-order valence-electron chi connectivity index (χ4n) is 2.24. The second-order valence-corrected chi connectivity index (χ2v) is 4.31. The number of aromatic nitrogens is 2. The fourth-order valence-corrected chi connectivity index (χ4v) is 2.24. The summed E-state index contributed by atoms with van der Waals surface area (Å²) in [5.74, 6) is 0.687. The van der Waals surface area contributed by atoms with Crippen LogP contribution in [0.15, 0.2) is 6.07 Å². The van der Waals surface area contributed by atoms with Crippen LogP contribution in [0, 0.1) is 6.92 Å². The van der Waals surface area contributed by atoms with E-state index in [0.29, 0.717) is 12.2 Å². The lowest BCUT2D eigenvalue weighted by atomic mass is 10.2. The molecule has 92 valence electrons. The molecule has 1 aliphatic rings. The predicted octanol–water partition coefficient (Wildman–Crippen LogP) is 1.40. The zero-order valence-electron chi connectivity index (χ0n) is 10.2. The number of aryl methyl sites for hydroxylation is 2. The van der Waals surface area contributed by atoms with Crippen LogP contribution in [0.5, 0.6) is 0 Å². The number of hydrogen-bond acceptors (Lipinski definition) is 4. The number of rotatable bonds is 3. The van der Waals surface area contributed by atoms with Crippen molar-refractivity contribution in [2.24, 2.45) is 0 Å². The van der Waals surface area contributed by atoms with E-state index in [1.54, 1.807) is 0 Å². The highest BCUT2D eigenvalue weighted by molar-refractivity contribution is 5.78. The van der Waals surface area contributed by atoms with Gasteiger partial charge in [-0.25, -0.2) is 14.8 Å². The minimum absolute atomic E-state index is 0.436. The van der Waals surface area contributed by atoms with Gasteiger partial charge in [0.05, 0.1) is 0 Å². The van der Waals surface area contributed by atoms with Crippen LogP contribution >= 0.6 is 0 Å². The molecular formula is C12H17N3O2. The molecule has 0 aliphatic carbocycles. The maximum atomic E-state index is 11.1. The molecule has 0 aromatic carbocycles. The molecule has 2 heterocycles. The van der Waals surface area contributed by atoms with Crippen LogP contribution in [0.1, 0.15) is 31.3 Å². The minimum atomic E-state index is -0.767. The SMILES string of the molecule is CCc1cc(N2CCCC2C(=O)O)nc(C)n1. The van der Waals surface area contributed by atoms with Crippen molar-refractivity contribution in [3.05, 3.63) is 17.6 Å². The number of nitrogens with zero attached hydrogens (tertiary/aromatic N) is 3. The van der Waals surface area contributed by atoms with E-state index in [1.165, 1.54) is 0 Å². The van der Waals surface area contributed by atoms with Crippen molar-refractivity contribution < 1.29 is 9.90 Å². The summed E-state index contributed by atoms with van der Waals surface area (Å²) in [6, 6.07) is 1.46. The third kappa shape index (κ3) is 2.38. The predicted molar refractivity (Wildman–Crippen MR) is 64.2 cm³/mol. The van der Waals surface area contributed by atoms with Crippen molar-refractivity contribution in [2.75, 3.05) is 11.4 Å². The molecule has 1 saturated heterocycles. The van der Waals surface area contributed by atoms with Gasteiger partial charge >= 0.3 is 5.97 Å². The molecule has 1 atom stereocenters. The Labute approximate surface area is 100 Å². The van der Waals surface area contributed by atoms with Crippen molar-refractivity contribution in [3.8, 4) is 0 Å². The van der Waals surface area contributed by atoms with Gasteiger partial charge in [0.15, 0.2) is 0 Å². The van der Waals surface area contributed by atoms with Gasteiger partial charge in [-0.05, 0) is 26.2 Å². The maximum Gasteiger partial charge on any atom is 0.326 e. The van der Waals surface area contributed by atoms with Crippen molar-refractivity contribution in [3.63, 3.8) is 0 Å². The van der Waals surface area contributed by atoms with E-state index in [0.717, 1.165) is 30.9 Å². The van der Waals surface area contributed by atoms with Gasteiger partial charge in [-0.15, -0.1) is 0 Å². The molecule has 1 N–H and O–H groups in total. The number of anilines is 1. The Hall–Kier alpha value is -1.65. The largest absolute Gasteiger partial charge is 0.480 e. The van der Waals surface area contributed by atoms with Gasteiger partial charge in [0.25, 0.3) is 0 Å². The molecule has 5 nitrogen and oxygen atoms in total. The molecule has 0 amide bonds. The lowest BCUT2D eigenvalue weighted by molar-refractivity contribution is -0.138. The fraction of sp³-hybridized carbons (Fsp3) is 0.583. The van der Waals surface area contributed by atoms with Crippen LogP contribution in [-0.2, 0) is 11.2 Å². The Balaban J connectivity index is 2.32. The van der Waals surface area contributed by atoms with E-state index >= 15 is 0 Å². The minimum Gasteiger partial charge on any atom is -0.480 e. The first-order valence-corrected chi connectivity index (χ1v) is 5.96. The lowest BCUT2D eigenvalue weighted by Gasteiger charge is -2.23. The van der Waals surface area contributed by atoms with Gasteiger partial charge in [0.2, 0.25) is 0 Å². The van der Waals surface area contributed by atoms with Gasteiger partial charge < -0.3 is 10.0 Å². The molecule has 2 rings (SSSR count). The molecular weight excluding hydrogens is 218 g/mol. The summed E-state index contributed by atoms with van der Waals surface area (Å²) in [6.45, 7) is 4.63. The number of carboxylic acids is 1. The zero-order valence-corrected chi connectivity index (χ0v) is 10.2. The highest BCUT2D eigenvalue weighted by Gasteiger charge is 2.31. The standard InChI is InChI=1S/C12H17N3O2/c1-3-9-7-11(14-8(2)13-9)15-6-4-5-10(15)12(16)17/h7,10H,3-6H2,1-2H3,(H,16,17). The van der Waals surface area contributed by atoms with E-state index < -0.39 is 12.0 Å². The van der Waals surface area contributed by atoms with Crippen LogP contribution in [0.25, 0.3) is 0 Å². The summed E-state index contributed by atoms with van der Waals surface area (Å²) in [6.07, 6.45) is 2.43. The quantitative estimate of drug-likeness (QED) is 0.857. The number of hydrogen-bond donors (Lipinski definition) is 1. The summed E-state index contributed by atoms with van der Waals surface area (Å²) < 4.78 is 0. The molecule has 1 fully saturated rings. The monoisotopic (exact) mass is 235 g/mol. The normalized spacial score (nSPS) is 19.6. The highest BCUT2D eigenvalue weighted by Crippen LogP contribution is 2.24. The molecule has 1 aromatic heterocycles. The molecule has 1 aromatic rings. The van der Waals surface area contributed by atoms with Gasteiger partial charge in [0.1, 0.15) is 17.7 Å². The van der Waals surface area contributed by atoms with Crippen molar-refractivity contribution in [1.82, 2.24) is 9.97 Å². The molecule has 1 aliphatic heterocycles. The van der Waals surface area contributed by atoms with E-state index in [4.69, 9.17) is 5.11 Å². The third-order valence-electron chi connectivity index (χ3n) is 3.07.